The first-order valence-electron chi connectivity index (χ1n) is 11.9. The van der Waals surface area contributed by atoms with Crippen molar-refractivity contribution in [2.24, 2.45) is 0 Å². The Balaban J connectivity index is 1.40. The third-order valence-electron chi connectivity index (χ3n) is 6.16. The molecule has 4 rings (SSSR count). The Morgan fingerprint density at radius 3 is 2.27 bits per heavy atom. The summed E-state index contributed by atoms with van der Waals surface area (Å²) < 4.78 is 5.25. The molecule has 0 bridgehead atoms. The van der Waals surface area contributed by atoms with Gasteiger partial charge < -0.3 is 20.7 Å². The third-order valence-corrected chi connectivity index (χ3v) is 6.16. The van der Waals surface area contributed by atoms with E-state index in [4.69, 9.17) is 4.74 Å². The van der Waals surface area contributed by atoms with E-state index < -0.39 is 29.9 Å². The maximum Gasteiger partial charge on any atom is 0.325 e. The number of nitrogens with zero attached hydrogens (tertiary/aromatic N) is 1. The van der Waals surface area contributed by atoms with Crippen LogP contribution in [0.25, 0.3) is 0 Å². The number of nitrogens with one attached hydrogen (secondary N) is 3. The number of amides is 5. The molecule has 3 N–H and O–H groups in total. The predicted octanol–water partition coefficient (Wildman–Crippen LogP) is 4.13. The molecule has 0 aliphatic carbocycles. The fraction of sp³-hybridized carbons (Fsp3) is 0.214. The van der Waals surface area contributed by atoms with E-state index >= 15 is 0 Å². The van der Waals surface area contributed by atoms with Gasteiger partial charge in [-0.25, -0.2) is 4.79 Å². The van der Waals surface area contributed by atoms with Crippen LogP contribution in [0.3, 0.4) is 0 Å². The third kappa shape index (κ3) is 5.30. The highest BCUT2D eigenvalue weighted by atomic mass is 16.5. The van der Waals surface area contributed by atoms with Crippen LogP contribution >= 0.6 is 0 Å². The first-order valence-corrected chi connectivity index (χ1v) is 11.9. The zero-order chi connectivity index (χ0) is 26.4. The Labute approximate surface area is 214 Å². The SMILES string of the molecule is CCC[C@@]1(c2ccccc2)NC(=O)N(CC(=O)Nc2ccc(C(=O)Nc3ccccc3OC)cc2)C1=O. The lowest BCUT2D eigenvalue weighted by Crippen LogP contribution is -2.44. The van der Waals surface area contributed by atoms with E-state index in [-0.39, 0.29) is 5.91 Å². The van der Waals surface area contributed by atoms with Crippen LogP contribution in [-0.2, 0) is 15.1 Å². The summed E-state index contributed by atoms with van der Waals surface area (Å²) in [6.45, 7) is 1.50. The lowest BCUT2D eigenvalue weighted by molar-refractivity contribution is -0.134. The Bertz CT molecular complexity index is 1310. The summed E-state index contributed by atoms with van der Waals surface area (Å²) in [5, 5.41) is 8.27. The van der Waals surface area contributed by atoms with E-state index in [9.17, 15) is 19.2 Å². The van der Waals surface area contributed by atoms with Crippen LogP contribution in [-0.4, -0.2) is 42.3 Å². The maximum atomic E-state index is 13.3. The average molecular weight is 501 g/mol. The van der Waals surface area contributed by atoms with Gasteiger partial charge in [-0.15, -0.1) is 0 Å². The monoisotopic (exact) mass is 500 g/mol. The van der Waals surface area contributed by atoms with Gasteiger partial charge in [0.15, 0.2) is 0 Å². The number of benzene rings is 3. The molecule has 9 nitrogen and oxygen atoms in total. The van der Waals surface area contributed by atoms with Crippen molar-refractivity contribution in [3.05, 3.63) is 90.0 Å². The van der Waals surface area contributed by atoms with Crippen LogP contribution in [0.2, 0.25) is 0 Å². The van der Waals surface area contributed by atoms with Gasteiger partial charge in [-0.05, 0) is 48.4 Å². The van der Waals surface area contributed by atoms with Crippen molar-refractivity contribution in [1.29, 1.82) is 0 Å². The topological polar surface area (TPSA) is 117 Å². The number of urea groups is 1. The van der Waals surface area contributed by atoms with Crippen molar-refractivity contribution in [2.75, 3.05) is 24.3 Å². The van der Waals surface area contributed by atoms with E-state index in [0.29, 0.717) is 41.1 Å². The van der Waals surface area contributed by atoms with Gasteiger partial charge in [-0.1, -0.05) is 55.8 Å². The number of hydrogen-bond donors (Lipinski definition) is 3. The quantitative estimate of drug-likeness (QED) is 0.382. The molecule has 5 amide bonds. The maximum absolute atomic E-state index is 13.3. The fourth-order valence-electron chi connectivity index (χ4n) is 4.37. The molecule has 0 saturated carbocycles. The number of carbonyl (C=O) groups excluding carboxylic acids is 4. The van der Waals surface area contributed by atoms with E-state index in [2.05, 4.69) is 16.0 Å². The van der Waals surface area contributed by atoms with Crippen LogP contribution in [0.4, 0.5) is 16.2 Å². The molecule has 1 atom stereocenters. The molecule has 3 aromatic rings. The van der Waals surface area contributed by atoms with E-state index in [1.807, 2.05) is 25.1 Å². The van der Waals surface area contributed by atoms with Crippen molar-refractivity contribution < 1.29 is 23.9 Å². The van der Waals surface area contributed by atoms with E-state index in [0.717, 1.165) is 4.90 Å². The van der Waals surface area contributed by atoms with Gasteiger partial charge in [0.1, 0.15) is 17.8 Å². The van der Waals surface area contributed by atoms with Crippen LogP contribution in [0.5, 0.6) is 5.75 Å². The van der Waals surface area contributed by atoms with Crippen molar-refractivity contribution in [3.8, 4) is 5.75 Å². The molecule has 190 valence electrons. The van der Waals surface area contributed by atoms with Gasteiger partial charge in [0, 0.05) is 11.3 Å². The smallest absolute Gasteiger partial charge is 0.325 e. The standard InChI is InChI=1S/C28H28N4O5/c1-3-17-28(20-9-5-4-6-10-20)26(35)32(27(36)31-28)18-24(33)29-21-15-13-19(14-16-21)25(34)30-22-11-7-8-12-23(22)37-2/h4-16H,3,17-18H2,1-2H3,(H,29,33)(H,30,34)(H,31,36)/t28-/m0/s1. The van der Waals surface area contributed by atoms with Gasteiger partial charge in [-0.2, -0.15) is 0 Å². The van der Waals surface area contributed by atoms with Crippen LogP contribution < -0.4 is 20.7 Å². The lowest BCUT2D eigenvalue weighted by Gasteiger charge is -2.26. The fourth-order valence-corrected chi connectivity index (χ4v) is 4.37. The molecule has 0 radical (unpaired) electrons. The summed E-state index contributed by atoms with van der Waals surface area (Å²) in [6, 6.07) is 21.8. The van der Waals surface area contributed by atoms with Crippen LogP contribution in [0.1, 0.15) is 35.7 Å². The minimum Gasteiger partial charge on any atom is -0.495 e. The highest BCUT2D eigenvalue weighted by Gasteiger charge is 2.52. The molecular weight excluding hydrogens is 472 g/mol. The number of anilines is 2. The summed E-state index contributed by atoms with van der Waals surface area (Å²) >= 11 is 0. The average Bonchev–Trinajstić information content (AvgIpc) is 3.15. The van der Waals surface area contributed by atoms with Gasteiger partial charge in [0.25, 0.3) is 11.8 Å². The Morgan fingerprint density at radius 1 is 0.919 bits per heavy atom. The van der Waals surface area contributed by atoms with Crippen molar-refractivity contribution >= 4 is 35.1 Å². The van der Waals surface area contributed by atoms with E-state index in [1.54, 1.807) is 60.7 Å². The first-order chi connectivity index (χ1) is 17.9. The number of carbonyl (C=O) groups is 4. The second-order valence-electron chi connectivity index (χ2n) is 8.62. The van der Waals surface area contributed by atoms with Gasteiger partial charge in [-0.3, -0.25) is 19.3 Å². The highest BCUT2D eigenvalue weighted by Crippen LogP contribution is 2.33. The molecule has 37 heavy (non-hydrogen) atoms. The van der Waals surface area contributed by atoms with Crippen molar-refractivity contribution in [2.45, 2.75) is 25.3 Å². The first kappa shape index (κ1) is 25.4. The summed E-state index contributed by atoms with van der Waals surface area (Å²) in [4.78, 5) is 52.3. The summed E-state index contributed by atoms with van der Waals surface area (Å²) in [5.74, 6) is -0.788. The highest BCUT2D eigenvalue weighted by molar-refractivity contribution is 6.10. The largest absolute Gasteiger partial charge is 0.495 e. The number of hydrogen-bond acceptors (Lipinski definition) is 5. The number of methoxy groups -OCH3 is 1. The summed E-state index contributed by atoms with van der Waals surface area (Å²) in [5.41, 5.74) is 0.832. The van der Waals surface area contributed by atoms with Gasteiger partial charge in [0.2, 0.25) is 5.91 Å². The molecule has 1 aliphatic heterocycles. The Morgan fingerprint density at radius 2 is 1.59 bits per heavy atom. The Hall–Kier alpha value is -4.66. The molecule has 0 spiro atoms. The lowest BCUT2D eigenvalue weighted by atomic mass is 9.85. The van der Waals surface area contributed by atoms with Crippen molar-refractivity contribution in [1.82, 2.24) is 10.2 Å². The van der Waals surface area contributed by atoms with Crippen LogP contribution in [0.15, 0.2) is 78.9 Å². The molecular formula is C28H28N4O5. The number of ether oxygens (including phenoxy) is 1. The van der Waals surface area contributed by atoms with Gasteiger partial charge >= 0.3 is 6.03 Å². The molecule has 0 aromatic heterocycles. The van der Waals surface area contributed by atoms with E-state index in [1.165, 1.54) is 7.11 Å². The minimum absolute atomic E-state index is 0.338. The Kier molecular flexibility index (Phi) is 7.52. The summed E-state index contributed by atoms with van der Waals surface area (Å²) in [7, 11) is 1.52. The number of imide groups is 1. The van der Waals surface area contributed by atoms with Gasteiger partial charge in [0.05, 0.1) is 12.8 Å². The number of para-hydroxylation sites is 2. The zero-order valence-corrected chi connectivity index (χ0v) is 20.6. The predicted molar refractivity (Wildman–Crippen MR) is 139 cm³/mol. The van der Waals surface area contributed by atoms with Crippen LogP contribution in [0, 0.1) is 0 Å². The molecule has 9 heteroatoms. The molecule has 3 aromatic carbocycles. The molecule has 1 saturated heterocycles. The second kappa shape index (κ2) is 10.9. The summed E-state index contributed by atoms with van der Waals surface area (Å²) in [6.07, 6.45) is 1.08. The normalized spacial score (nSPS) is 16.8. The van der Waals surface area contributed by atoms with Crippen molar-refractivity contribution in [3.63, 3.8) is 0 Å². The zero-order valence-electron chi connectivity index (χ0n) is 20.6. The molecule has 1 heterocycles. The molecule has 1 aliphatic rings. The number of rotatable bonds is 9. The second-order valence-corrected chi connectivity index (χ2v) is 8.62. The molecule has 1 fully saturated rings. The molecule has 0 unspecified atom stereocenters. The minimum atomic E-state index is -1.19.